The molecule has 0 aliphatic heterocycles. The second-order valence-electron chi connectivity index (χ2n) is 5.03. The van der Waals surface area contributed by atoms with E-state index >= 15 is 0 Å². The molecule has 0 amide bonds. The standard InChI is InChI=1S/C17H29NO3/c1-4-5-6-7-12-21-17-15(14-18-11-13-19-2)9-8-10-16(17)20-3/h8-10,18H,4-7,11-14H2,1-3H3. The largest absolute Gasteiger partial charge is 0.493 e. The van der Waals surface area contributed by atoms with Gasteiger partial charge in [-0.25, -0.2) is 0 Å². The maximum Gasteiger partial charge on any atom is 0.165 e. The van der Waals surface area contributed by atoms with Crippen molar-refractivity contribution in [2.45, 2.75) is 39.2 Å². The topological polar surface area (TPSA) is 39.7 Å². The van der Waals surface area contributed by atoms with Gasteiger partial charge in [0, 0.05) is 25.8 Å². The molecule has 0 aromatic heterocycles. The zero-order valence-electron chi connectivity index (χ0n) is 13.6. The molecule has 0 heterocycles. The van der Waals surface area contributed by atoms with Gasteiger partial charge in [-0.1, -0.05) is 38.3 Å². The Morgan fingerprint density at radius 3 is 2.62 bits per heavy atom. The maximum absolute atomic E-state index is 5.97. The lowest BCUT2D eigenvalue weighted by molar-refractivity contribution is 0.199. The third-order valence-corrected chi connectivity index (χ3v) is 3.32. The molecule has 0 spiro atoms. The van der Waals surface area contributed by atoms with Crippen molar-refractivity contribution in [3.63, 3.8) is 0 Å². The molecule has 0 aliphatic rings. The molecule has 1 rings (SSSR count). The van der Waals surface area contributed by atoms with Crippen LogP contribution < -0.4 is 14.8 Å². The van der Waals surface area contributed by atoms with Gasteiger partial charge < -0.3 is 19.5 Å². The fraction of sp³-hybridized carbons (Fsp3) is 0.647. The number of benzene rings is 1. The Hall–Kier alpha value is -1.26. The summed E-state index contributed by atoms with van der Waals surface area (Å²) in [5.41, 5.74) is 1.13. The van der Waals surface area contributed by atoms with E-state index in [2.05, 4.69) is 18.3 Å². The van der Waals surface area contributed by atoms with Crippen molar-refractivity contribution in [1.29, 1.82) is 0 Å². The fourth-order valence-corrected chi connectivity index (χ4v) is 2.13. The van der Waals surface area contributed by atoms with Gasteiger partial charge >= 0.3 is 0 Å². The van der Waals surface area contributed by atoms with Crippen LogP contribution in [0.3, 0.4) is 0 Å². The van der Waals surface area contributed by atoms with Gasteiger partial charge in [-0.15, -0.1) is 0 Å². The normalized spacial score (nSPS) is 10.6. The third-order valence-electron chi connectivity index (χ3n) is 3.32. The quantitative estimate of drug-likeness (QED) is 0.600. The number of hydrogen-bond donors (Lipinski definition) is 1. The molecular weight excluding hydrogens is 266 g/mol. The molecule has 0 aliphatic carbocycles. The van der Waals surface area contributed by atoms with E-state index in [9.17, 15) is 0 Å². The molecule has 0 unspecified atom stereocenters. The molecule has 1 aromatic rings. The lowest BCUT2D eigenvalue weighted by Gasteiger charge is -2.15. The fourth-order valence-electron chi connectivity index (χ4n) is 2.13. The third kappa shape index (κ3) is 6.82. The first-order valence-electron chi connectivity index (χ1n) is 7.81. The molecule has 4 nitrogen and oxygen atoms in total. The summed E-state index contributed by atoms with van der Waals surface area (Å²) in [5.74, 6) is 1.66. The number of para-hydroxylation sites is 1. The number of rotatable bonds is 12. The van der Waals surface area contributed by atoms with Crippen molar-refractivity contribution in [2.24, 2.45) is 0 Å². The summed E-state index contributed by atoms with van der Waals surface area (Å²) in [6, 6.07) is 6.01. The Morgan fingerprint density at radius 1 is 1.05 bits per heavy atom. The van der Waals surface area contributed by atoms with E-state index in [0.717, 1.165) is 43.2 Å². The molecule has 1 N–H and O–H groups in total. The van der Waals surface area contributed by atoms with Crippen LogP contribution in [0.25, 0.3) is 0 Å². The van der Waals surface area contributed by atoms with Crippen LogP contribution in [-0.2, 0) is 11.3 Å². The monoisotopic (exact) mass is 295 g/mol. The summed E-state index contributed by atoms with van der Waals surface area (Å²) in [5, 5.41) is 3.34. The highest BCUT2D eigenvalue weighted by Crippen LogP contribution is 2.31. The SMILES string of the molecule is CCCCCCOc1c(CNCCOC)cccc1OC. The van der Waals surface area contributed by atoms with E-state index in [0.29, 0.717) is 6.61 Å². The minimum absolute atomic E-state index is 0.706. The number of nitrogens with one attached hydrogen (secondary N) is 1. The van der Waals surface area contributed by atoms with Crippen molar-refractivity contribution in [3.8, 4) is 11.5 Å². The van der Waals surface area contributed by atoms with Crippen LogP contribution in [0, 0.1) is 0 Å². The van der Waals surface area contributed by atoms with Crippen molar-refractivity contribution in [1.82, 2.24) is 5.32 Å². The highest BCUT2D eigenvalue weighted by Gasteiger charge is 2.10. The lowest BCUT2D eigenvalue weighted by atomic mass is 10.1. The predicted octanol–water partition coefficient (Wildman–Crippen LogP) is 3.39. The van der Waals surface area contributed by atoms with Crippen molar-refractivity contribution in [2.75, 3.05) is 34.0 Å². The van der Waals surface area contributed by atoms with Gasteiger partial charge in [0.1, 0.15) is 0 Å². The second-order valence-corrected chi connectivity index (χ2v) is 5.03. The average molecular weight is 295 g/mol. The minimum atomic E-state index is 0.706. The predicted molar refractivity (Wildman–Crippen MR) is 86.2 cm³/mol. The van der Waals surface area contributed by atoms with E-state index < -0.39 is 0 Å². The zero-order valence-corrected chi connectivity index (χ0v) is 13.6. The van der Waals surface area contributed by atoms with Crippen LogP contribution in [0.1, 0.15) is 38.2 Å². The number of methoxy groups -OCH3 is 2. The molecule has 1 aromatic carbocycles. The highest BCUT2D eigenvalue weighted by molar-refractivity contribution is 5.46. The van der Waals surface area contributed by atoms with E-state index in [-0.39, 0.29) is 0 Å². The van der Waals surface area contributed by atoms with Crippen LogP contribution >= 0.6 is 0 Å². The van der Waals surface area contributed by atoms with Gasteiger partial charge in [-0.05, 0) is 12.5 Å². The van der Waals surface area contributed by atoms with Gasteiger partial charge in [0.05, 0.1) is 20.3 Å². The molecule has 0 atom stereocenters. The molecule has 0 fully saturated rings. The summed E-state index contributed by atoms with van der Waals surface area (Å²) in [6.07, 6.45) is 4.81. The number of unbranched alkanes of at least 4 members (excludes halogenated alkanes) is 3. The van der Waals surface area contributed by atoms with Gasteiger partial charge in [0.25, 0.3) is 0 Å². The summed E-state index contributed by atoms with van der Waals surface area (Å²) in [7, 11) is 3.39. The van der Waals surface area contributed by atoms with Gasteiger partial charge in [0.2, 0.25) is 0 Å². The van der Waals surface area contributed by atoms with Crippen LogP contribution in [0.5, 0.6) is 11.5 Å². The van der Waals surface area contributed by atoms with Crippen molar-refractivity contribution < 1.29 is 14.2 Å². The molecule has 120 valence electrons. The first kappa shape index (κ1) is 17.8. The molecular formula is C17H29NO3. The zero-order chi connectivity index (χ0) is 15.3. The Bertz CT molecular complexity index is 382. The van der Waals surface area contributed by atoms with Crippen LogP contribution in [0.4, 0.5) is 0 Å². The van der Waals surface area contributed by atoms with Crippen LogP contribution in [0.2, 0.25) is 0 Å². The van der Waals surface area contributed by atoms with E-state index in [1.54, 1.807) is 14.2 Å². The van der Waals surface area contributed by atoms with Gasteiger partial charge in [-0.3, -0.25) is 0 Å². The number of ether oxygens (including phenoxy) is 3. The molecule has 0 radical (unpaired) electrons. The summed E-state index contributed by atoms with van der Waals surface area (Å²) >= 11 is 0. The molecule has 4 heteroatoms. The summed E-state index contributed by atoms with van der Waals surface area (Å²) in [4.78, 5) is 0. The summed E-state index contributed by atoms with van der Waals surface area (Å²) < 4.78 is 16.4. The lowest BCUT2D eigenvalue weighted by Crippen LogP contribution is -2.19. The smallest absolute Gasteiger partial charge is 0.165 e. The van der Waals surface area contributed by atoms with Crippen molar-refractivity contribution in [3.05, 3.63) is 23.8 Å². The van der Waals surface area contributed by atoms with Gasteiger partial charge in [0.15, 0.2) is 11.5 Å². The second kappa shape index (κ2) is 11.4. The minimum Gasteiger partial charge on any atom is -0.493 e. The number of hydrogen-bond acceptors (Lipinski definition) is 4. The van der Waals surface area contributed by atoms with Crippen molar-refractivity contribution >= 4 is 0 Å². The first-order chi connectivity index (χ1) is 10.3. The van der Waals surface area contributed by atoms with Gasteiger partial charge in [-0.2, -0.15) is 0 Å². The Morgan fingerprint density at radius 2 is 1.90 bits per heavy atom. The molecule has 0 bridgehead atoms. The maximum atomic E-state index is 5.97. The Balaban J connectivity index is 2.55. The van der Waals surface area contributed by atoms with E-state index in [1.165, 1.54) is 19.3 Å². The average Bonchev–Trinajstić information content (AvgIpc) is 2.52. The van der Waals surface area contributed by atoms with Crippen LogP contribution in [0.15, 0.2) is 18.2 Å². The first-order valence-corrected chi connectivity index (χ1v) is 7.81. The summed E-state index contributed by atoms with van der Waals surface area (Å²) in [6.45, 7) is 5.24. The Labute approximate surface area is 128 Å². The van der Waals surface area contributed by atoms with E-state index in [4.69, 9.17) is 14.2 Å². The van der Waals surface area contributed by atoms with E-state index in [1.807, 2.05) is 12.1 Å². The molecule has 0 saturated heterocycles. The molecule has 0 saturated carbocycles. The Kier molecular flexibility index (Phi) is 9.66. The highest BCUT2D eigenvalue weighted by atomic mass is 16.5. The van der Waals surface area contributed by atoms with Crippen LogP contribution in [-0.4, -0.2) is 34.0 Å². The molecule has 21 heavy (non-hydrogen) atoms.